The SMILES string of the molecule is Cc1ccc(-n2nc(C)c(C(=O)Nc3cccc(NC(=O)c4ccco4)c3)n2)c(C)c1. The maximum absolute atomic E-state index is 12.8. The summed E-state index contributed by atoms with van der Waals surface area (Å²) in [6.07, 6.45) is 1.43. The van der Waals surface area contributed by atoms with Crippen LogP contribution in [0.1, 0.15) is 37.9 Å². The van der Waals surface area contributed by atoms with Crippen molar-refractivity contribution in [3.05, 3.63) is 89.1 Å². The van der Waals surface area contributed by atoms with Gasteiger partial charge in [-0.3, -0.25) is 9.59 Å². The van der Waals surface area contributed by atoms with Crippen LogP contribution in [0.15, 0.2) is 65.3 Å². The van der Waals surface area contributed by atoms with Crippen molar-refractivity contribution in [2.24, 2.45) is 0 Å². The Kier molecular flexibility index (Phi) is 5.36. The van der Waals surface area contributed by atoms with Gasteiger partial charge in [0.05, 0.1) is 17.6 Å². The number of aryl methyl sites for hydroxylation is 3. The second kappa shape index (κ2) is 8.27. The highest BCUT2D eigenvalue weighted by atomic mass is 16.3. The van der Waals surface area contributed by atoms with Crippen LogP contribution in [0.3, 0.4) is 0 Å². The summed E-state index contributed by atoms with van der Waals surface area (Å²) in [6.45, 7) is 5.73. The van der Waals surface area contributed by atoms with Crippen molar-refractivity contribution in [1.29, 1.82) is 0 Å². The maximum atomic E-state index is 12.8. The number of amides is 2. The lowest BCUT2D eigenvalue weighted by molar-refractivity contribution is 0.0994. The van der Waals surface area contributed by atoms with Crippen molar-refractivity contribution >= 4 is 23.2 Å². The molecule has 0 radical (unpaired) electrons. The fraction of sp³-hybridized carbons (Fsp3) is 0.130. The fourth-order valence-electron chi connectivity index (χ4n) is 3.19. The molecule has 8 heteroatoms. The van der Waals surface area contributed by atoms with Crippen LogP contribution in [0.25, 0.3) is 5.69 Å². The first kappa shape index (κ1) is 20.1. The molecule has 2 aromatic carbocycles. The summed E-state index contributed by atoms with van der Waals surface area (Å²) in [5, 5.41) is 14.3. The van der Waals surface area contributed by atoms with Crippen LogP contribution in [0.4, 0.5) is 11.4 Å². The molecule has 31 heavy (non-hydrogen) atoms. The van der Waals surface area contributed by atoms with Gasteiger partial charge in [-0.1, -0.05) is 23.8 Å². The second-order valence-electron chi connectivity index (χ2n) is 7.18. The monoisotopic (exact) mass is 415 g/mol. The van der Waals surface area contributed by atoms with Gasteiger partial charge in [-0.25, -0.2) is 0 Å². The Morgan fingerprint density at radius 2 is 1.61 bits per heavy atom. The van der Waals surface area contributed by atoms with E-state index in [4.69, 9.17) is 4.42 Å². The van der Waals surface area contributed by atoms with Gasteiger partial charge in [-0.05, 0) is 62.7 Å². The zero-order valence-corrected chi connectivity index (χ0v) is 17.3. The van der Waals surface area contributed by atoms with E-state index in [1.807, 2.05) is 32.0 Å². The Morgan fingerprint density at radius 1 is 0.871 bits per heavy atom. The second-order valence-corrected chi connectivity index (χ2v) is 7.18. The van der Waals surface area contributed by atoms with Crippen LogP contribution in [0.5, 0.6) is 0 Å². The molecule has 0 saturated carbocycles. The molecular weight excluding hydrogens is 394 g/mol. The highest BCUT2D eigenvalue weighted by Gasteiger charge is 2.18. The van der Waals surface area contributed by atoms with E-state index in [2.05, 4.69) is 20.8 Å². The van der Waals surface area contributed by atoms with Gasteiger partial charge in [0.25, 0.3) is 11.8 Å². The number of furan rings is 1. The molecule has 2 heterocycles. The fourth-order valence-corrected chi connectivity index (χ4v) is 3.19. The number of aromatic nitrogens is 3. The van der Waals surface area contributed by atoms with E-state index < -0.39 is 0 Å². The molecule has 0 aliphatic carbocycles. The van der Waals surface area contributed by atoms with E-state index in [1.54, 1.807) is 43.3 Å². The largest absolute Gasteiger partial charge is 0.459 e. The van der Waals surface area contributed by atoms with Gasteiger partial charge in [0.2, 0.25) is 0 Å². The number of anilines is 2. The molecule has 0 aliphatic heterocycles. The number of carbonyl (C=O) groups is 2. The minimum absolute atomic E-state index is 0.202. The lowest BCUT2D eigenvalue weighted by atomic mass is 10.1. The Hall–Kier alpha value is -4.20. The third-order valence-electron chi connectivity index (χ3n) is 4.69. The van der Waals surface area contributed by atoms with Crippen LogP contribution in [0, 0.1) is 20.8 Å². The summed E-state index contributed by atoms with van der Waals surface area (Å²) >= 11 is 0. The Bertz CT molecular complexity index is 1260. The third kappa shape index (κ3) is 4.37. The van der Waals surface area contributed by atoms with E-state index in [-0.39, 0.29) is 23.3 Å². The summed E-state index contributed by atoms with van der Waals surface area (Å²) in [7, 11) is 0. The van der Waals surface area contributed by atoms with Crippen molar-refractivity contribution < 1.29 is 14.0 Å². The van der Waals surface area contributed by atoms with Crippen LogP contribution >= 0.6 is 0 Å². The Morgan fingerprint density at radius 3 is 2.29 bits per heavy atom. The predicted molar refractivity (Wildman–Crippen MR) is 117 cm³/mol. The Labute approximate surface area is 178 Å². The molecule has 0 aliphatic rings. The summed E-state index contributed by atoms with van der Waals surface area (Å²) < 4.78 is 5.09. The van der Waals surface area contributed by atoms with E-state index in [1.165, 1.54) is 11.1 Å². The van der Waals surface area contributed by atoms with E-state index >= 15 is 0 Å². The normalized spacial score (nSPS) is 10.7. The number of rotatable bonds is 5. The highest BCUT2D eigenvalue weighted by molar-refractivity contribution is 6.05. The van der Waals surface area contributed by atoms with Crippen molar-refractivity contribution in [1.82, 2.24) is 15.0 Å². The van der Waals surface area contributed by atoms with Crippen molar-refractivity contribution in [2.75, 3.05) is 10.6 Å². The highest BCUT2D eigenvalue weighted by Crippen LogP contribution is 2.19. The molecule has 156 valence electrons. The predicted octanol–water partition coefficient (Wildman–Crippen LogP) is 4.29. The van der Waals surface area contributed by atoms with Gasteiger partial charge in [0.15, 0.2) is 11.5 Å². The van der Waals surface area contributed by atoms with E-state index in [9.17, 15) is 9.59 Å². The molecular formula is C23H21N5O3. The molecule has 8 nitrogen and oxygen atoms in total. The summed E-state index contributed by atoms with van der Waals surface area (Å²) in [4.78, 5) is 26.4. The standard InChI is InChI=1S/C23H21N5O3/c1-14-9-10-19(15(2)12-14)28-26-16(3)21(27-28)23(30)25-18-7-4-6-17(13-18)24-22(29)20-8-5-11-31-20/h4-13H,1-3H3,(H,24,29)(H,25,30). The van der Waals surface area contributed by atoms with E-state index in [0.717, 1.165) is 16.8 Å². The molecule has 2 N–H and O–H groups in total. The van der Waals surface area contributed by atoms with Gasteiger partial charge in [-0.15, -0.1) is 5.10 Å². The zero-order chi connectivity index (χ0) is 22.0. The molecule has 0 bridgehead atoms. The van der Waals surface area contributed by atoms with Crippen LogP contribution < -0.4 is 10.6 Å². The number of hydrogen-bond donors (Lipinski definition) is 2. The zero-order valence-electron chi connectivity index (χ0n) is 17.3. The first-order valence-corrected chi connectivity index (χ1v) is 9.68. The summed E-state index contributed by atoms with van der Waals surface area (Å²) in [5.41, 5.74) is 4.75. The average Bonchev–Trinajstić information content (AvgIpc) is 3.38. The van der Waals surface area contributed by atoms with Crippen molar-refractivity contribution in [2.45, 2.75) is 20.8 Å². The lowest BCUT2D eigenvalue weighted by Gasteiger charge is -2.07. The molecule has 0 fully saturated rings. The third-order valence-corrected chi connectivity index (χ3v) is 4.69. The first-order valence-electron chi connectivity index (χ1n) is 9.68. The molecule has 4 rings (SSSR count). The average molecular weight is 415 g/mol. The number of nitrogens with one attached hydrogen (secondary N) is 2. The van der Waals surface area contributed by atoms with Crippen LogP contribution in [0.2, 0.25) is 0 Å². The maximum Gasteiger partial charge on any atom is 0.291 e. The Balaban J connectivity index is 1.51. The van der Waals surface area contributed by atoms with E-state index in [0.29, 0.717) is 17.1 Å². The summed E-state index contributed by atoms with van der Waals surface area (Å²) in [6, 6.07) is 16.0. The molecule has 0 unspecified atom stereocenters. The quantitative estimate of drug-likeness (QED) is 0.506. The molecule has 0 saturated heterocycles. The number of carbonyl (C=O) groups excluding carboxylic acids is 2. The van der Waals surface area contributed by atoms with Gasteiger partial charge >= 0.3 is 0 Å². The van der Waals surface area contributed by atoms with Gasteiger partial charge < -0.3 is 15.1 Å². The van der Waals surface area contributed by atoms with Gasteiger partial charge in [-0.2, -0.15) is 9.90 Å². The molecule has 2 amide bonds. The topological polar surface area (TPSA) is 102 Å². The number of nitrogens with zero attached hydrogens (tertiary/aromatic N) is 3. The summed E-state index contributed by atoms with van der Waals surface area (Å²) in [5.74, 6) is -0.558. The minimum Gasteiger partial charge on any atom is -0.459 e. The smallest absolute Gasteiger partial charge is 0.291 e. The van der Waals surface area contributed by atoms with Crippen molar-refractivity contribution in [3.8, 4) is 5.69 Å². The first-order chi connectivity index (χ1) is 14.9. The lowest BCUT2D eigenvalue weighted by Crippen LogP contribution is -2.15. The van der Waals surface area contributed by atoms with Crippen LogP contribution in [-0.4, -0.2) is 26.8 Å². The number of benzene rings is 2. The molecule has 0 spiro atoms. The minimum atomic E-state index is -0.386. The van der Waals surface area contributed by atoms with Gasteiger partial charge in [0.1, 0.15) is 0 Å². The van der Waals surface area contributed by atoms with Crippen molar-refractivity contribution in [3.63, 3.8) is 0 Å². The van der Waals surface area contributed by atoms with Gasteiger partial charge in [0, 0.05) is 11.4 Å². The van der Waals surface area contributed by atoms with Crippen LogP contribution in [-0.2, 0) is 0 Å². The molecule has 0 atom stereocenters. The number of hydrogen-bond acceptors (Lipinski definition) is 5. The molecule has 2 aromatic heterocycles. The molecule has 4 aromatic rings.